The van der Waals surface area contributed by atoms with Crippen LogP contribution in [0.2, 0.25) is 0 Å². The van der Waals surface area contributed by atoms with Crippen molar-refractivity contribution in [3.05, 3.63) is 47.2 Å². The van der Waals surface area contributed by atoms with Gasteiger partial charge in [0.05, 0.1) is 11.4 Å². The first-order valence-electron chi connectivity index (χ1n) is 6.50. The lowest BCUT2D eigenvalue weighted by Gasteiger charge is -2.11. The van der Waals surface area contributed by atoms with Crippen molar-refractivity contribution in [1.82, 2.24) is 4.98 Å². The van der Waals surface area contributed by atoms with Gasteiger partial charge in [-0.15, -0.1) is 0 Å². The molecule has 1 aromatic heterocycles. The van der Waals surface area contributed by atoms with Crippen molar-refractivity contribution in [1.29, 1.82) is 0 Å². The van der Waals surface area contributed by atoms with Gasteiger partial charge in [-0.1, -0.05) is 26.0 Å². The molecule has 2 N–H and O–H groups in total. The molecule has 0 aliphatic carbocycles. The van der Waals surface area contributed by atoms with Crippen molar-refractivity contribution < 1.29 is 0 Å². The van der Waals surface area contributed by atoms with Crippen LogP contribution in [0.5, 0.6) is 0 Å². The van der Waals surface area contributed by atoms with Crippen molar-refractivity contribution >= 4 is 5.69 Å². The van der Waals surface area contributed by atoms with Gasteiger partial charge < -0.3 is 5.73 Å². The lowest BCUT2D eigenvalue weighted by atomic mass is 9.97. The van der Waals surface area contributed by atoms with Gasteiger partial charge >= 0.3 is 0 Å². The molecule has 0 radical (unpaired) electrons. The molecule has 0 saturated carbocycles. The smallest absolute Gasteiger partial charge is 0.0933 e. The summed E-state index contributed by atoms with van der Waals surface area (Å²) < 4.78 is 0. The number of aryl methyl sites for hydroxylation is 3. The highest BCUT2D eigenvalue weighted by Gasteiger charge is 2.08. The van der Waals surface area contributed by atoms with E-state index in [1.54, 1.807) is 0 Å². The van der Waals surface area contributed by atoms with E-state index in [1.165, 1.54) is 11.1 Å². The Kier molecular flexibility index (Phi) is 3.66. The van der Waals surface area contributed by atoms with Crippen LogP contribution in [0.25, 0.3) is 11.3 Å². The molecular weight excluding hydrogens is 220 g/mol. The molecule has 1 heterocycles. The second kappa shape index (κ2) is 5.21. The minimum Gasteiger partial charge on any atom is -0.397 e. The molecule has 0 unspecified atom stereocenters. The Labute approximate surface area is 109 Å². The Morgan fingerprint density at radius 3 is 2.44 bits per heavy atom. The fourth-order valence-electron chi connectivity index (χ4n) is 2.25. The Morgan fingerprint density at radius 2 is 1.78 bits per heavy atom. The van der Waals surface area contributed by atoms with Crippen LogP contribution in [0.4, 0.5) is 5.69 Å². The zero-order chi connectivity index (χ0) is 13.1. The SMILES string of the molecule is CCc1ccc(-c2nccc(C)c2N)cc1CC. The van der Waals surface area contributed by atoms with E-state index in [0.29, 0.717) is 0 Å². The predicted octanol–water partition coefficient (Wildman–Crippen LogP) is 3.76. The van der Waals surface area contributed by atoms with Crippen LogP contribution >= 0.6 is 0 Å². The molecule has 0 fully saturated rings. The lowest BCUT2D eigenvalue weighted by molar-refractivity contribution is 1.04. The molecule has 0 amide bonds. The maximum absolute atomic E-state index is 6.11. The summed E-state index contributed by atoms with van der Waals surface area (Å²) in [6.45, 7) is 6.39. The quantitative estimate of drug-likeness (QED) is 0.887. The standard InChI is InChI=1S/C16H20N2/c1-4-12-6-7-14(10-13(12)5-2)16-15(17)11(3)8-9-18-16/h6-10H,4-5,17H2,1-3H3. The third-order valence-electron chi connectivity index (χ3n) is 3.45. The summed E-state index contributed by atoms with van der Waals surface area (Å²) in [5, 5.41) is 0. The van der Waals surface area contributed by atoms with Crippen LogP contribution < -0.4 is 5.73 Å². The number of nitrogens with zero attached hydrogens (tertiary/aromatic N) is 1. The van der Waals surface area contributed by atoms with Crippen molar-refractivity contribution in [2.24, 2.45) is 0 Å². The number of aromatic nitrogens is 1. The van der Waals surface area contributed by atoms with Gasteiger partial charge in [0.2, 0.25) is 0 Å². The van der Waals surface area contributed by atoms with Crippen LogP contribution in [-0.2, 0) is 12.8 Å². The zero-order valence-electron chi connectivity index (χ0n) is 11.3. The van der Waals surface area contributed by atoms with E-state index in [4.69, 9.17) is 5.73 Å². The van der Waals surface area contributed by atoms with Crippen LogP contribution in [0.3, 0.4) is 0 Å². The van der Waals surface area contributed by atoms with Crippen molar-refractivity contribution in [3.63, 3.8) is 0 Å². The summed E-state index contributed by atoms with van der Waals surface area (Å²) in [4.78, 5) is 4.42. The minimum absolute atomic E-state index is 0.781. The van der Waals surface area contributed by atoms with Crippen LogP contribution in [0, 0.1) is 6.92 Å². The lowest BCUT2D eigenvalue weighted by Crippen LogP contribution is -1.98. The number of hydrogen-bond donors (Lipinski definition) is 1. The van der Waals surface area contributed by atoms with Crippen molar-refractivity contribution in [2.45, 2.75) is 33.6 Å². The first kappa shape index (κ1) is 12.6. The topological polar surface area (TPSA) is 38.9 Å². The maximum Gasteiger partial charge on any atom is 0.0933 e. The van der Waals surface area contributed by atoms with E-state index >= 15 is 0 Å². The molecule has 2 nitrogen and oxygen atoms in total. The highest BCUT2D eigenvalue weighted by molar-refractivity contribution is 5.75. The molecule has 94 valence electrons. The van der Waals surface area contributed by atoms with Gasteiger partial charge in [0, 0.05) is 11.8 Å². The van der Waals surface area contributed by atoms with E-state index in [2.05, 4.69) is 37.0 Å². The Hall–Kier alpha value is -1.83. The summed E-state index contributed by atoms with van der Waals surface area (Å²) >= 11 is 0. The van der Waals surface area contributed by atoms with Crippen LogP contribution in [-0.4, -0.2) is 4.98 Å². The zero-order valence-corrected chi connectivity index (χ0v) is 11.3. The molecule has 2 heteroatoms. The molecule has 0 aliphatic rings. The molecule has 0 atom stereocenters. The molecule has 2 rings (SSSR count). The second-order valence-corrected chi connectivity index (χ2v) is 4.58. The summed E-state index contributed by atoms with van der Waals surface area (Å²) in [5.41, 5.74) is 12.8. The van der Waals surface area contributed by atoms with E-state index < -0.39 is 0 Å². The molecule has 0 spiro atoms. The number of nitrogen functional groups attached to an aromatic ring is 1. The molecule has 0 saturated heterocycles. The number of benzene rings is 1. The molecule has 18 heavy (non-hydrogen) atoms. The first-order chi connectivity index (χ1) is 8.67. The van der Waals surface area contributed by atoms with Gasteiger partial charge in [0.15, 0.2) is 0 Å². The van der Waals surface area contributed by atoms with E-state index in [1.807, 2.05) is 19.2 Å². The fourth-order valence-corrected chi connectivity index (χ4v) is 2.25. The highest BCUT2D eigenvalue weighted by Crippen LogP contribution is 2.27. The van der Waals surface area contributed by atoms with Crippen molar-refractivity contribution in [2.75, 3.05) is 5.73 Å². The third-order valence-corrected chi connectivity index (χ3v) is 3.45. The average Bonchev–Trinajstić information content (AvgIpc) is 2.41. The van der Waals surface area contributed by atoms with Gasteiger partial charge in [-0.05, 0) is 48.6 Å². The summed E-state index contributed by atoms with van der Waals surface area (Å²) in [7, 11) is 0. The van der Waals surface area contributed by atoms with E-state index in [0.717, 1.165) is 35.3 Å². The normalized spacial score (nSPS) is 10.6. The van der Waals surface area contributed by atoms with Crippen LogP contribution in [0.15, 0.2) is 30.5 Å². The molecular formula is C16H20N2. The van der Waals surface area contributed by atoms with Crippen molar-refractivity contribution in [3.8, 4) is 11.3 Å². The molecule has 2 aromatic rings. The Morgan fingerprint density at radius 1 is 1.06 bits per heavy atom. The van der Waals surface area contributed by atoms with Gasteiger partial charge in [-0.3, -0.25) is 4.98 Å². The van der Waals surface area contributed by atoms with Crippen LogP contribution in [0.1, 0.15) is 30.5 Å². The number of rotatable bonds is 3. The minimum atomic E-state index is 0.781. The highest BCUT2D eigenvalue weighted by atomic mass is 14.7. The molecule has 1 aromatic carbocycles. The third kappa shape index (κ3) is 2.23. The average molecular weight is 240 g/mol. The Balaban J connectivity index is 2.54. The molecule has 0 aliphatic heterocycles. The van der Waals surface area contributed by atoms with Gasteiger partial charge in [-0.2, -0.15) is 0 Å². The number of hydrogen-bond acceptors (Lipinski definition) is 2. The number of anilines is 1. The first-order valence-corrected chi connectivity index (χ1v) is 6.50. The second-order valence-electron chi connectivity index (χ2n) is 4.58. The monoisotopic (exact) mass is 240 g/mol. The largest absolute Gasteiger partial charge is 0.397 e. The number of nitrogens with two attached hydrogens (primary N) is 1. The van der Waals surface area contributed by atoms with Gasteiger partial charge in [0.25, 0.3) is 0 Å². The van der Waals surface area contributed by atoms with E-state index in [-0.39, 0.29) is 0 Å². The van der Waals surface area contributed by atoms with E-state index in [9.17, 15) is 0 Å². The van der Waals surface area contributed by atoms with Gasteiger partial charge in [-0.25, -0.2) is 0 Å². The summed E-state index contributed by atoms with van der Waals surface area (Å²) in [5.74, 6) is 0. The Bertz CT molecular complexity index is 559. The maximum atomic E-state index is 6.11. The summed E-state index contributed by atoms with van der Waals surface area (Å²) in [6, 6.07) is 8.48. The predicted molar refractivity (Wildman–Crippen MR) is 77.6 cm³/mol. The molecule has 0 bridgehead atoms. The fraction of sp³-hybridized carbons (Fsp3) is 0.312. The van der Waals surface area contributed by atoms with Gasteiger partial charge in [0.1, 0.15) is 0 Å². The summed E-state index contributed by atoms with van der Waals surface area (Å²) in [6.07, 6.45) is 3.93. The number of pyridine rings is 1.